The van der Waals surface area contributed by atoms with Crippen LogP contribution in [-0.2, 0) is 6.42 Å². The van der Waals surface area contributed by atoms with Gasteiger partial charge in [0.15, 0.2) is 0 Å². The number of hydrogen-bond donors (Lipinski definition) is 1. The van der Waals surface area contributed by atoms with Gasteiger partial charge in [-0.3, -0.25) is 0 Å². The molecule has 0 spiro atoms. The van der Waals surface area contributed by atoms with Gasteiger partial charge in [0.2, 0.25) is 0 Å². The lowest BCUT2D eigenvalue weighted by Gasteiger charge is -1.90. The van der Waals surface area contributed by atoms with Crippen LogP contribution in [-0.4, -0.2) is 11.7 Å². The van der Waals surface area contributed by atoms with Gasteiger partial charge in [0, 0.05) is 17.9 Å². The Morgan fingerprint density at radius 3 is 2.89 bits per heavy atom. The smallest absolute Gasteiger partial charge is 0.0545 e. The highest BCUT2D eigenvalue weighted by atomic mass is 35.5. The molecule has 0 saturated carbocycles. The molecule has 0 atom stereocenters. The van der Waals surface area contributed by atoms with Crippen LogP contribution >= 0.6 is 22.9 Å². The third-order valence-electron chi connectivity index (χ3n) is 1.03. The molecule has 1 aromatic rings. The first-order valence-corrected chi connectivity index (χ1v) is 3.93. The van der Waals surface area contributed by atoms with Crippen LogP contribution < -0.4 is 0 Å². The van der Waals surface area contributed by atoms with E-state index < -0.39 is 0 Å². The first kappa shape index (κ1) is 7.06. The maximum absolute atomic E-state index is 8.51. The average molecular weight is 163 g/mol. The van der Waals surface area contributed by atoms with E-state index in [1.165, 1.54) is 0 Å². The third-order valence-corrected chi connectivity index (χ3v) is 2.48. The van der Waals surface area contributed by atoms with Crippen molar-refractivity contribution in [1.82, 2.24) is 0 Å². The Hall–Kier alpha value is -0.0500. The van der Waals surface area contributed by atoms with E-state index >= 15 is 0 Å². The fraction of sp³-hybridized carbons (Fsp3) is 0.333. The molecule has 0 aliphatic heterocycles. The molecule has 9 heavy (non-hydrogen) atoms. The van der Waals surface area contributed by atoms with E-state index in [2.05, 4.69) is 0 Å². The summed E-state index contributed by atoms with van der Waals surface area (Å²) in [6.45, 7) is 0.181. The summed E-state index contributed by atoms with van der Waals surface area (Å²) in [4.78, 5) is 1.07. The number of hydrogen-bond acceptors (Lipinski definition) is 2. The second-order valence-electron chi connectivity index (χ2n) is 1.67. The summed E-state index contributed by atoms with van der Waals surface area (Å²) in [7, 11) is 0. The van der Waals surface area contributed by atoms with Crippen LogP contribution in [0.1, 0.15) is 4.88 Å². The quantitative estimate of drug-likeness (QED) is 0.705. The number of rotatable bonds is 2. The van der Waals surface area contributed by atoms with Crippen LogP contribution in [0, 0.1) is 0 Å². The molecule has 1 N–H and O–H groups in total. The Bertz CT molecular complexity index is 185. The largest absolute Gasteiger partial charge is 0.396 e. The summed E-state index contributed by atoms with van der Waals surface area (Å²) in [6, 6.07) is 1.84. The Kier molecular flexibility index (Phi) is 2.51. The summed E-state index contributed by atoms with van der Waals surface area (Å²) < 4.78 is 0. The third kappa shape index (κ3) is 1.68. The lowest BCUT2D eigenvalue weighted by Crippen LogP contribution is -1.85. The Balaban J connectivity index is 2.69. The van der Waals surface area contributed by atoms with Crippen molar-refractivity contribution in [1.29, 1.82) is 0 Å². The monoisotopic (exact) mass is 162 g/mol. The van der Waals surface area contributed by atoms with Crippen LogP contribution in [0.2, 0.25) is 5.02 Å². The summed E-state index contributed by atoms with van der Waals surface area (Å²) in [5.41, 5.74) is 0. The number of aliphatic hydroxyl groups excluding tert-OH is 1. The number of thiophene rings is 1. The number of aliphatic hydroxyl groups is 1. The van der Waals surface area contributed by atoms with Crippen LogP contribution in [0.5, 0.6) is 0 Å². The van der Waals surface area contributed by atoms with Crippen LogP contribution in [0.4, 0.5) is 0 Å². The molecule has 0 aliphatic rings. The zero-order valence-corrected chi connectivity index (χ0v) is 6.37. The highest BCUT2D eigenvalue weighted by Crippen LogP contribution is 2.21. The van der Waals surface area contributed by atoms with E-state index in [1.807, 2.05) is 11.4 Å². The van der Waals surface area contributed by atoms with Crippen molar-refractivity contribution in [3.05, 3.63) is 21.3 Å². The van der Waals surface area contributed by atoms with E-state index in [-0.39, 0.29) is 6.61 Å². The molecule has 0 radical (unpaired) electrons. The van der Waals surface area contributed by atoms with Gasteiger partial charge < -0.3 is 5.11 Å². The number of halogens is 1. The molecule has 1 heterocycles. The molecular formula is C6H7ClOS. The van der Waals surface area contributed by atoms with Gasteiger partial charge in [-0.1, -0.05) is 11.6 Å². The van der Waals surface area contributed by atoms with Crippen molar-refractivity contribution in [2.45, 2.75) is 6.42 Å². The summed E-state index contributed by atoms with van der Waals surface area (Å²) in [5, 5.41) is 11.2. The van der Waals surface area contributed by atoms with Crippen molar-refractivity contribution in [3.8, 4) is 0 Å². The highest BCUT2D eigenvalue weighted by Gasteiger charge is 1.98. The van der Waals surface area contributed by atoms with Crippen LogP contribution in [0.3, 0.4) is 0 Å². The predicted molar refractivity (Wildman–Crippen MR) is 40.1 cm³/mol. The second kappa shape index (κ2) is 3.20. The van der Waals surface area contributed by atoms with Gasteiger partial charge in [0.25, 0.3) is 0 Å². The summed E-state index contributed by atoms with van der Waals surface area (Å²) >= 11 is 7.30. The fourth-order valence-corrected chi connectivity index (χ4v) is 1.73. The molecule has 0 aliphatic carbocycles. The van der Waals surface area contributed by atoms with Crippen molar-refractivity contribution >= 4 is 22.9 Å². The Labute approximate surface area is 62.9 Å². The highest BCUT2D eigenvalue weighted by molar-refractivity contribution is 7.10. The predicted octanol–water partition coefficient (Wildman–Crippen LogP) is 1.94. The molecule has 0 aromatic carbocycles. The first-order valence-electron chi connectivity index (χ1n) is 2.67. The van der Waals surface area contributed by atoms with Gasteiger partial charge in [-0.05, 0) is 11.4 Å². The molecule has 0 amide bonds. The van der Waals surface area contributed by atoms with Gasteiger partial charge in [-0.15, -0.1) is 11.3 Å². The molecule has 50 valence electrons. The minimum Gasteiger partial charge on any atom is -0.396 e. The lowest BCUT2D eigenvalue weighted by molar-refractivity contribution is 0.300. The van der Waals surface area contributed by atoms with Gasteiger partial charge in [-0.25, -0.2) is 0 Å². The second-order valence-corrected chi connectivity index (χ2v) is 3.07. The van der Waals surface area contributed by atoms with Gasteiger partial charge >= 0.3 is 0 Å². The Morgan fingerprint density at radius 2 is 2.44 bits per heavy atom. The zero-order valence-electron chi connectivity index (χ0n) is 4.80. The lowest BCUT2D eigenvalue weighted by atomic mass is 10.4. The van der Waals surface area contributed by atoms with Crippen molar-refractivity contribution in [2.75, 3.05) is 6.61 Å². The summed E-state index contributed by atoms with van der Waals surface area (Å²) in [5.74, 6) is 0. The van der Waals surface area contributed by atoms with Crippen molar-refractivity contribution in [2.24, 2.45) is 0 Å². The topological polar surface area (TPSA) is 20.2 Å². The van der Waals surface area contributed by atoms with E-state index in [0.29, 0.717) is 6.42 Å². The molecule has 0 fully saturated rings. The fourth-order valence-electron chi connectivity index (χ4n) is 0.605. The van der Waals surface area contributed by atoms with Gasteiger partial charge in [0.05, 0.1) is 5.02 Å². The van der Waals surface area contributed by atoms with E-state index in [1.54, 1.807) is 11.3 Å². The normalized spacial score (nSPS) is 10.0. The van der Waals surface area contributed by atoms with E-state index in [9.17, 15) is 0 Å². The molecule has 3 heteroatoms. The van der Waals surface area contributed by atoms with Crippen LogP contribution in [0.15, 0.2) is 11.4 Å². The maximum atomic E-state index is 8.51. The van der Waals surface area contributed by atoms with Crippen LogP contribution in [0.25, 0.3) is 0 Å². The van der Waals surface area contributed by atoms with E-state index in [0.717, 1.165) is 9.90 Å². The van der Waals surface area contributed by atoms with E-state index in [4.69, 9.17) is 16.7 Å². The van der Waals surface area contributed by atoms with Gasteiger partial charge in [0.1, 0.15) is 0 Å². The molecule has 1 aromatic heterocycles. The van der Waals surface area contributed by atoms with Gasteiger partial charge in [-0.2, -0.15) is 0 Å². The van der Waals surface area contributed by atoms with Crippen molar-refractivity contribution < 1.29 is 5.11 Å². The van der Waals surface area contributed by atoms with Crippen molar-refractivity contribution in [3.63, 3.8) is 0 Å². The summed E-state index contributed by atoms with van der Waals surface area (Å²) in [6.07, 6.45) is 0.677. The minimum atomic E-state index is 0.181. The molecule has 0 bridgehead atoms. The SMILES string of the molecule is OCCc1sccc1Cl. The molecular weight excluding hydrogens is 156 g/mol. The molecule has 0 unspecified atom stereocenters. The zero-order chi connectivity index (χ0) is 6.69. The molecule has 1 rings (SSSR count). The Morgan fingerprint density at radius 1 is 1.67 bits per heavy atom. The molecule has 0 saturated heterocycles. The average Bonchev–Trinajstić information content (AvgIpc) is 2.18. The minimum absolute atomic E-state index is 0.181. The maximum Gasteiger partial charge on any atom is 0.0545 e. The first-order chi connectivity index (χ1) is 4.34. The standard InChI is InChI=1S/C6H7ClOS/c7-5-2-4-9-6(5)1-3-8/h2,4,8H,1,3H2. The molecule has 1 nitrogen and oxygen atoms in total.